The van der Waals surface area contributed by atoms with Crippen molar-refractivity contribution in [3.8, 4) is 11.5 Å². The Bertz CT molecular complexity index is 697. The number of anilines is 4. The third-order valence-corrected chi connectivity index (χ3v) is 3.01. The van der Waals surface area contributed by atoms with Crippen LogP contribution in [-0.4, -0.2) is 22.3 Å². The second kappa shape index (κ2) is 5.25. The van der Waals surface area contributed by atoms with E-state index in [1.54, 1.807) is 0 Å². The van der Waals surface area contributed by atoms with Crippen LogP contribution in [0.1, 0.15) is 20.8 Å². The summed E-state index contributed by atoms with van der Waals surface area (Å²) >= 11 is 0. The molecular weight excluding hydrogens is 282 g/mol. The molecule has 0 bridgehead atoms. The first kappa shape index (κ1) is 14.2. The van der Waals surface area contributed by atoms with Crippen LogP contribution < -0.4 is 25.8 Å². The highest BCUT2D eigenvalue weighted by molar-refractivity contribution is 5.78. The molecule has 4 N–H and O–H groups in total. The Balaban J connectivity index is 1.85. The fourth-order valence-electron chi connectivity index (χ4n) is 2.06. The van der Waals surface area contributed by atoms with Gasteiger partial charge in [-0.3, -0.25) is 0 Å². The van der Waals surface area contributed by atoms with Gasteiger partial charge < -0.3 is 25.8 Å². The molecule has 0 aliphatic carbocycles. The van der Waals surface area contributed by atoms with Gasteiger partial charge in [0.1, 0.15) is 12.0 Å². The fraction of sp³-hybridized carbons (Fsp3) is 0.333. The van der Waals surface area contributed by atoms with E-state index < -0.39 is 0 Å². The van der Waals surface area contributed by atoms with Gasteiger partial charge in [0, 0.05) is 17.3 Å². The standard InChI is InChI=1S/C15H19N5O2/c1-15(2,3)20-14-12(16)13(17-7-18-14)19-9-4-5-10-11(6-9)22-8-21-10/h4-7H,8,16H2,1-3H3,(H2,17,18,19,20). The minimum atomic E-state index is -0.140. The molecule has 2 aromatic rings. The number of fused-ring (bicyclic) bond motifs is 1. The van der Waals surface area contributed by atoms with Crippen molar-refractivity contribution in [2.24, 2.45) is 0 Å². The number of nitrogens with zero attached hydrogens (tertiary/aromatic N) is 2. The Labute approximate surface area is 128 Å². The molecule has 0 unspecified atom stereocenters. The van der Waals surface area contributed by atoms with Gasteiger partial charge >= 0.3 is 0 Å². The predicted octanol–water partition coefficient (Wildman–Crippen LogP) is 2.74. The van der Waals surface area contributed by atoms with E-state index in [-0.39, 0.29) is 12.3 Å². The molecule has 22 heavy (non-hydrogen) atoms. The number of hydrogen-bond acceptors (Lipinski definition) is 7. The lowest BCUT2D eigenvalue weighted by Crippen LogP contribution is -2.27. The van der Waals surface area contributed by atoms with Gasteiger partial charge in [0.05, 0.1) is 0 Å². The van der Waals surface area contributed by atoms with Crippen LogP contribution in [0.4, 0.5) is 23.0 Å². The fourth-order valence-corrected chi connectivity index (χ4v) is 2.06. The largest absolute Gasteiger partial charge is 0.454 e. The molecule has 3 rings (SSSR count). The molecule has 0 spiro atoms. The highest BCUT2D eigenvalue weighted by Crippen LogP contribution is 2.36. The zero-order valence-corrected chi connectivity index (χ0v) is 12.8. The summed E-state index contributed by atoms with van der Waals surface area (Å²) in [6.07, 6.45) is 1.47. The number of ether oxygens (including phenoxy) is 2. The Morgan fingerprint density at radius 3 is 2.59 bits per heavy atom. The molecule has 7 heteroatoms. The van der Waals surface area contributed by atoms with Crippen LogP contribution in [0.3, 0.4) is 0 Å². The lowest BCUT2D eigenvalue weighted by Gasteiger charge is -2.22. The van der Waals surface area contributed by atoms with E-state index in [1.807, 2.05) is 39.0 Å². The number of benzene rings is 1. The zero-order valence-electron chi connectivity index (χ0n) is 12.8. The van der Waals surface area contributed by atoms with E-state index >= 15 is 0 Å². The topological polar surface area (TPSA) is 94.3 Å². The molecule has 0 radical (unpaired) electrons. The number of hydrogen-bond donors (Lipinski definition) is 3. The van der Waals surface area contributed by atoms with Crippen molar-refractivity contribution in [3.63, 3.8) is 0 Å². The molecule has 7 nitrogen and oxygen atoms in total. The monoisotopic (exact) mass is 301 g/mol. The van der Waals surface area contributed by atoms with Crippen molar-refractivity contribution in [2.45, 2.75) is 26.3 Å². The van der Waals surface area contributed by atoms with Crippen molar-refractivity contribution in [1.82, 2.24) is 9.97 Å². The molecule has 1 aromatic heterocycles. The van der Waals surface area contributed by atoms with E-state index in [0.29, 0.717) is 23.1 Å². The maximum absolute atomic E-state index is 6.15. The summed E-state index contributed by atoms with van der Waals surface area (Å²) in [4.78, 5) is 8.39. The van der Waals surface area contributed by atoms with Gasteiger partial charge in [-0.1, -0.05) is 0 Å². The molecule has 0 atom stereocenters. The van der Waals surface area contributed by atoms with Crippen LogP contribution >= 0.6 is 0 Å². The maximum Gasteiger partial charge on any atom is 0.231 e. The highest BCUT2D eigenvalue weighted by Gasteiger charge is 2.17. The molecule has 2 heterocycles. The summed E-state index contributed by atoms with van der Waals surface area (Å²) in [5, 5.41) is 6.43. The lowest BCUT2D eigenvalue weighted by atomic mass is 10.1. The van der Waals surface area contributed by atoms with Gasteiger partial charge in [0.15, 0.2) is 23.1 Å². The summed E-state index contributed by atoms with van der Waals surface area (Å²) in [7, 11) is 0. The summed E-state index contributed by atoms with van der Waals surface area (Å²) < 4.78 is 10.6. The molecule has 1 aliphatic rings. The summed E-state index contributed by atoms with van der Waals surface area (Å²) in [5.74, 6) is 2.58. The molecule has 1 aliphatic heterocycles. The van der Waals surface area contributed by atoms with Crippen LogP contribution in [0.15, 0.2) is 24.5 Å². The molecule has 1 aromatic carbocycles. The van der Waals surface area contributed by atoms with Gasteiger partial charge in [-0.05, 0) is 32.9 Å². The predicted molar refractivity (Wildman–Crippen MR) is 85.7 cm³/mol. The third-order valence-electron chi connectivity index (χ3n) is 3.01. The zero-order chi connectivity index (χ0) is 15.7. The Kier molecular flexibility index (Phi) is 3.40. The van der Waals surface area contributed by atoms with E-state index in [9.17, 15) is 0 Å². The second-order valence-corrected chi connectivity index (χ2v) is 6.05. The molecule has 0 fully saturated rings. The van der Waals surface area contributed by atoms with Crippen LogP contribution in [-0.2, 0) is 0 Å². The van der Waals surface area contributed by atoms with Crippen molar-refractivity contribution < 1.29 is 9.47 Å². The number of nitrogens with one attached hydrogen (secondary N) is 2. The Hall–Kier alpha value is -2.70. The Morgan fingerprint density at radius 2 is 1.82 bits per heavy atom. The van der Waals surface area contributed by atoms with E-state index in [0.717, 1.165) is 11.4 Å². The van der Waals surface area contributed by atoms with Crippen molar-refractivity contribution in [2.75, 3.05) is 23.2 Å². The number of nitrogen functional groups attached to an aromatic ring is 1. The van der Waals surface area contributed by atoms with Gasteiger partial charge in [-0.2, -0.15) is 0 Å². The second-order valence-electron chi connectivity index (χ2n) is 6.05. The first-order chi connectivity index (χ1) is 10.4. The highest BCUT2D eigenvalue weighted by atomic mass is 16.7. The molecular formula is C15H19N5O2. The van der Waals surface area contributed by atoms with E-state index in [1.165, 1.54) is 6.33 Å². The third kappa shape index (κ3) is 2.98. The average molecular weight is 301 g/mol. The first-order valence-electron chi connectivity index (χ1n) is 6.98. The van der Waals surface area contributed by atoms with Crippen LogP contribution in [0, 0.1) is 0 Å². The molecule has 0 amide bonds. The number of nitrogens with two attached hydrogens (primary N) is 1. The quantitative estimate of drug-likeness (QED) is 0.802. The SMILES string of the molecule is CC(C)(C)Nc1ncnc(Nc2ccc3c(c2)OCO3)c1N. The van der Waals surface area contributed by atoms with Crippen LogP contribution in [0.25, 0.3) is 0 Å². The van der Waals surface area contributed by atoms with Crippen LogP contribution in [0.2, 0.25) is 0 Å². The van der Waals surface area contributed by atoms with Crippen molar-refractivity contribution >= 4 is 23.0 Å². The lowest BCUT2D eigenvalue weighted by molar-refractivity contribution is 0.174. The van der Waals surface area contributed by atoms with E-state index in [2.05, 4.69) is 20.6 Å². The molecule has 0 saturated heterocycles. The van der Waals surface area contributed by atoms with E-state index in [4.69, 9.17) is 15.2 Å². The summed E-state index contributed by atoms with van der Waals surface area (Å²) in [6, 6.07) is 5.57. The average Bonchev–Trinajstić information content (AvgIpc) is 2.89. The van der Waals surface area contributed by atoms with Gasteiger partial charge in [0.2, 0.25) is 6.79 Å². The Morgan fingerprint density at radius 1 is 1.09 bits per heavy atom. The maximum atomic E-state index is 6.15. The smallest absolute Gasteiger partial charge is 0.231 e. The summed E-state index contributed by atoms with van der Waals surface area (Å²) in [5.41, 5.74) is 7.29. The van der Waals surface area contributed by atoms with Crippen LogP contribution in [0.5, 0.6) is 11.5 Å². The minimum absolute atomic E-state index is 0.140. The minimum Gasteiger partial charge on any atom is -0.454 e. The summed E-state index contributed by atoms with van der Waals surface area (Å²) in [6.45, 7) is 6.37. The first-order valence-corrected chi connectivity index (χ1v) is 6.98. The van der Waals surface area contributed by atoms with Gasteiger partial charge in [-0.15, -0.1) is 0 Å². The number of rotatable bonds is 3. The normalized spacial score (nSPS) is 13.0. The van der Waals surface area contributed by atoms with Crippen molar-refractivity contribution in [3.05, 3.63) is 24.5 Å². The molecule has 0 saturated carbocycles. The van der Waals surface area contributed by atoms with Gasteiger partial charge in [-0.25, -0.2) is 9.97 Å². The van der Waals surface area contributed by atoms with Crippen molar-refractivity contribution in [1.29, 1.82) is 0 Å². The molecule has 116 valence electrons. The number of aromatic nitrogens is 2. The van der Waals surface area contributed by atoms with Gasteiger partial charge in [0.25, 0.3) is 0 Å².